The highest BCUT2D eigenvalue weighted by Crippen LogP contribution is 2.21. The predicted molar refractivity (Wildman–Crippen MR) is 56.9 cm³/mol. The summed E-state index contributed by atoms with van der Waals surface area (Å²) in [7, 11) is 0. The Kier molecular flexibility index (Phi) is 2.74. The van der Waals surface area contributed by atoms with Crippen LogP contribution in [0, 0.1) is 0 Å². The number of hydrogen-bond donors (Lipinski definition) is 1. The number of nitrogens with zero attached hydrogens (tertiary/aromatic N) is 1. The molecular formula is C10H10N2OS. The minimum atomic E-state index is 0.687. The summed E-state index contributed by atoms with van der Waals surface area (Å²) < 4.78 is 5.21. The van der Waals surface area contributed by atoms with Crippen LogP contribution >= 0.6 is 11.8 Å². The Morgan fingerprint density at radius 2 is 2.29 bits per heavy atom. The first kappa shape index (κ1) is 9.15. The molecule has 0 bridgehead atoms. The highest BCUT2D eigenvalue weighted by atomic mass is 32.2. The van der Waals surface area contributed by atoms with Gasteiger partial charge in [-0.3, -0.25) is 0 Å². The number of anilines is 1. The lowest BCUT2D eigenvalue weighted by Crippen LogP contribution is -1.86. The Labute approximate surface area is 86.3 Å². The van der Waals surface area contributed by atoms with Gasteiger partial charge >= 0.3 is 0 Å². The minimum absolute atomic E-state index is 0.687. The van der Waals surface area contributed by atoms with Gasteiger partial charge in [0.15, 0.2) is 0 Å². The summed E-state index contributed by atoms with van der Waals surface area (Å²) in [6.07, 6.45) is 3.33. The first-order valence-corrected chi connectivity index (χ1v) is 5.20. The lowest BCUT2D eigenvalue weighted by atomic mass is 10.4. The molecule has 0 fully saturated rings. The third-order valence-electron chi connectivity index (χ3n) is 1.70. The van der Waals surface area contributed by atoms with Crippen molar-refractivity contribution in [2.24, 2.45) is 0 Å². The van der Waals surface area contributed by atoms with Crippen molar-refractivity contribution in [3.05, 3.63) is 42.5 Å². The van der Waals surface area contributed by atoms with Crippen molar-refractivity contribution in [3.8, 4) is 0 Å². The predicted octanol–water partition coefficient (Wildman–Crippen LogP) is 2.55. The molecule has 72 valence electrons. The summed E-state index contributed by atoms with van der Waals surface area (Å²) in [5, 5.41) is 0.954. The number of nitrogen functional groups attached to an aromatic ring is 1. The van der Waals surface area contributed by atoms with Crippen molar-refractivity contribution in [3.63, 3.8) is 0 Å². The van der Waals surface area contributed by atoms with Gasteiger partial charge < -0.3 is 10.2 Å². The quantitative estimate of drug-likeness (QED) is 0.784. The molecule has 0 aliphatic heterocycles. The van der Waals surface area contributed by atoms with E-state index >= 15 is 0 Å². The van der Waals surface area contributed by atoms with Crippen LogP contribution in [-0.4, -0.2) is 4.98 Å². The average Bonchev–Trinajstić information content (AvgIpc) is 2.70. The van der Waals surface area contributed by atoms with E-state index in [0.29, 0.717) is 5.69 Å². The monoisotopic (exact) mass is 206 g/mol. The van der Waals surface area contributed by atoms with Crippen LogP contribution in [0.5, 0.6) is 0 Å². The zero-order valence-corrected chi connectivity index (χ0v) is 8.33. The van der Waals surface area contributed by atoms with E-state index in [1.165, 1.54) is 0 Å². The third-order valence-corrected chi connectivity index (χ3v) is 2.67. The van der Waals surface area contributed by atoms with E-state index < -0.39 is 0 Å². The molecule has 0 aromatic carbocycles. The summed E-state index contributed by atoms with van der Waals surface area (Å²) in [5.74, 6) is 1.75. The highest BCUT2D eigenvalue weighted by molar-refractivity contribution is 7.98. The van der Waals surface area contributed by atoms with Gasteiger partial charge in [-0.1, -0.05) is 11.8 Å². The number of thioether (sulfide) groups is 1. The molecule has 2 rings (SSSR count). The zero-order valence-electron chi connectivity index (χ0n) is 7.51. The second kappa shape index (κ2) is 4.19. The zero-order chi connectivity index (χ0) is 9.80. The van der Waals surface area contributed by atoms with E-state index in [2.05, 4.69) is 4.98 Å². The summed E-state index contributed by atoms with van der Waals surface area (Å²) in [6, 6.07) is 7.58. The maximum Gasteiger partial charge on any atom is 0.114 e. The summed E-state index contributed by atoms with van der Waals surface area (Å²) in [6.45, 7) is 0. The molecule has 0 saturated carbocycles. The van der Waals surface area contributed by atoms with E-state index in [0.717, 1.165) is 16.5 Å². The first-order valence-electron chi connectivity index (χ1n) is 4.21. The van der Waals surface area contributed by atoms with Crippen LogP contribution in [0.4, 0.5) is 5.69 Å². The van der Waals surface area contributed by atoms with Crippen LogP contribution in [0.3, 0.4) is 0 Å². The minimum Gasteiger partial charge on any atom is -0.468 e. The molecule has 3 nitrogen and oxygen atoms in total. The highest BCUT2D eigenvalue weighted by Gasteiger charge is 1.98. The van der Waals surface area contributed by atoms with Gasteiger partial charge in [0, 0.05) is 0 Å². The van der Waals surface area contributed by atoms with Gasteiger partial charge in [0.2, 0.25) is 0 Å². The fourth-order valence-electron chi connectivity index (χ4n) is 1.02. The van der Waals surface area contributed by atoms with Gasteiger partial charge in [-0.05, 0) is 24.3 Å². The van der Waals surface area contributed by atoms with Crippen LogP contribution in [0.25, 0.3) is 0 Å². The molecule has 4 heteroatoms. The summed E-state index contributed by atoms with van der Waals surface area (Å²) >= 11 is 1.63. The van der Waals surface area contributed by atoms with Gasteiger partial charge in [-0.2, -0.15) is 0 Å². The van der Waals surface area contributed by atoms with Crippen molar-refractivity contribution in [2.45, 2.75) is 10.8 Å². The Balaban J connectivity index is 1.95. The molecule has 2 aromatic rings. The van der Waals surface area contributed by atoms with Gasteiger partial charge in [-0.25, -0.2) is 4.98 Å². The second-order valence-corrected chi connectivity index (χ2v) is 3.79. The van der Waals surface area contributed by atoms with Gasteiger partial charge in [-0.15, -0.1) is 0 Å². The van der Waals surface area contributed by atoms with Crippen LogP contribution < -0.4 is 5.73 Å². The number of pyridine rings is 1. The van der Waals surface area contributed by atoms with Crippen LogP contribution in [0.15, 0.2) is 46.2 Å². The molecule has 0 unspecified atom stereocenters. The molecular weight excluding hydrogens is 196 g/mol. The molecule has 0 saturated heterocycles. The fourth-order valence-corrected chi connectivity index (χ4v) is 1.76. The molecule has 2 heterocycles. The fraction of sp³-hybridized carbons (Fsp3) is 0.100. The third kappa shape index (κ3) is 2.29. The smallest absolute Gasteiger partial charge is 0.114 e. The maximum atomic E-state index is 5.53. The van der Waals surface area contributed by atoms with Crippen molar-refractivity contribution in [1.82, 2.24) is 4.98 Å². The number of aromatic nitrogens is 1. The molecule has 0 spiro atoms. The molecule has 2 aromatic heterocycles. The Bertz CT molecular complexity index is 383. The molecule has 2 N–H and O–H groups in total. The summed E-state index contributed by atoms with van der Waals surface area (Å²) in [4.78, 5) is 4.17. The second-order valence-electron chi connectivity index (χ2n) is 2.80. The van der Waals surface area contributed by atoms with Crippen LogP contribution in [0.2, 0.25) is 0 Å². The van der Waals surface area contributed by atoms with Crippen molar-refractivity contribution in [2.75, 3.05) is 5.73 Å². The van der Waals surface area contributed by atoms with Gasteiger partial charge in [0.1, 0.15) is 5.76 Å². The number of rotatable bonds is 3. The average molecular weight is 206 g/mol. The van der Waals surface area contributed by atoms with E-state index in [4.69, 9.17) is 10.2 Å². The van der Waals surface area contributed by atoms with Crippen LogP contribution in [-0.2, 0) is 5.75 Å². The standard InChI is InChI=1S/C10H10N2OS/c11-8-3-4-10(12-6-8)14-7-9-2-1-5-13-9/h1-6H,7,11H2. The first-order chi connectivity index (χ1) is 6.84. The number of nitrogens with two attached hydrogens (primary N) is 1. The molecule has 0 radical (unpaired) electrons. The normalized spacial score (nSPS) is 10.3. The Morgan fingerprint density at radius 1 is 1.36 bits per heavy atom. The summed E-state index contributed by atoms with van der Waals surface area (Å²) in [5.41, 5.74) is 6.21. The SMILES string of the molecule is Nc1ccc(SCc2ccco2)nc1. The number of furan rings is 1. The van der Waals surface area contributed by atoms with Crippen molar-refractivity contribution < 1.29 is 4.42 Å². The van der Waals surface area contributed by atoms with E-state index in [1.807, 2.05) is 24.3 Å². The molecule has 0 atom stereocenters. The van der Waals surface area contributed by atoms with Crippen molar-refractivity contribution in [1.29, 1.82) is 0 Å². The lowest BCUT2D eigenvalue weighted by Gasteiger charge is -1.98. The Hall–Kier alpha value is -1.42. The molecule has 0 aliphatic carbocycles. The topological polar surface area (TPSA) is 52.0 Å². The number of hydrogen-bond acceptors (Lipinski definition) is 4. The van der Waals surface area contributed by atoms with Gasteiger partial charge in [0.25, 0.3) is 0 Å². The van der Waals surface area contributed by atoms with E-state index in [1.54, 1.807) is 24.2 Å². The van der Waals surface area contributed by atoms with Gasteiger partial charge in [0.05, 0.1) is 28.9 Å². The van der Waals surface area contributed by atoms with E-state index in [9.17, 15) is 0 Å². The van der Waals surface area contributed by atoms with Crippen molar-refractivity contribution >= 4 is 17.4 Å². The maximum absolute atomic E-state index is 5.53. The lowest BCUT2D eigenvalue weighted by molar-refractivity contribution is 0.530. The molecule has 0 aliphatic rings. The molecule has 14 heavy (non-hydrogen) atoms. The van der Waals surface area contributed by atoms with E-state index in [-0.39, 0.29) is 0 Å². The largest absolute Gasteiger partial charge is 0.468 e. The molecule has 0 amide bonds. The Morgan fingerprint density at radius 3 is 2.93 bits per heavy atom. The van der Waals surface area contributed by atoms with Crippen LogP contribution in [0.1, 0.15) is 5.76 Å².